The van der Waals surface area contributed by atoms with Crippen molar-refractivity contribution in [3.63, 3.8) is 0 Å². The third kappa shape index (κ3) is 5.19. The van der Waals surface area contributed by atoms with Gasteiger partial charge in [-0.1, -0.05) is 29.8 Å². The normalized spacial score (nSPS) is 10.4. The molecule has 0 unspecified atom stereocenters. The van der Waals surface area contributed by atoms with Gasteiger partial charge >= 0.3 is 0 Å². The second-order valence-corrected chi connectivity index (χ2v) is 6.27. The van der Waals surface area contributed by atoms with E-state index in [1.165, 1.54) is 0 Å². The van der Waals surface area contributed by atoms with E-state index in [0.29, 0.717) is 28.5 Å². The lowest BCUT2D eigenvalue weighted by Gasteiger charge is -2.07. The second-order valence-electron chi connectivity index (χ2n) is 5.83. The number of benzene rings is 3. The molecule has 5 nitrogen and oxygen atoms in total. The van der Waals surface area contributed by atoms with Crippen molar-refractivity contribution in [2.45, 2.75) is 6.61 Å². The highest BCUT2D eigenvalue weighted by molar-refractivity contribution is 6.30. The second kappa shape index (κ2) is 9.36. The van der Waals surface area contributed by atoms with Crippen LogP contribution in [0.3, 0.4) is 0 Å². The highest BCUT2D eigenvalue weighted by Gasteiger charge is 2.04. The van der Waals surface area contributed by atoms with Gasteiger partial charge in [-0.15, -0.1) is 0 Å². The Hall–Kier alpha value is -3.62. The lowest BCUT2D eigenvalue weighted by atomic mass is 10.1. The summed E-state index contributed by atoms with van der Waals surface area (Å²) in [6.07, 6.45) is 1.54. The monoisotopic (exact) mass is 389 g/mol. The number of ether oxygens (including phenoxy) is 1. The molecule has 0 radical (unpaired) electrons. The Morgan fingerprint density at radius 1 is 1.07 bits per heavy atom. The van der Waals surface area contributed by atoms with Gasteiger partial charge in [0.05, 0.1) is 17.8 Å². The van der Waals surface area contributed by atoms with Crippen molar-refractivity contribution in [3.05, 3.63) is 100 Å². The van der Waals surface area contributed by atoms with Crippen molar-refractivity contribution in [3.8, 4) is 11.8 Å². The number of rotatable bonds is 6. The maximum atomic E-state index is 12.0. The summed E-state index contributed by atoms with van der Waals surface area (Å²) in [6, 6.07) is 23.3. The first-order valence-electron chi connectivity index (χ1n) is 8.45. The van der Waals surface area contributed by atoms with Gasteiger partial charge in [0.2, 0.25) is 0 Å². The van der Waals surface area contributed by atoms with E-state index in [1.807, 2.05) is 30.3 Å². The van der Waals surface area contributed by atoms with Gasteiger partial charge in [0.25, 0.3) is 5.91 Å². The van der Waals surface area contributed by atoms with Gasteiger partial charge in [-0.05, 0) is 60.2 Å². The molecule has 0 spiro atoms. The maximum Gasteiger partial charge on any atom is 0.271 e. The minimum absolute atomic E-state index is 0.314. The quantitative estimate of drug-likeness (QED) is 0.496. The van der Waals surface area contributed by atoms with Gasteiger partial charge in [0.15, 0.2) is 0 Å². The molecular formula is C22H16ClN3O2. The Kier molecular flexibility index (Phi) is 6.40. The van der Waals surface area contributed by atoms with Crippen LogP contribution in [0.1, 0.15) is 27.0 Å². The zero-order valence-electron chi connectivity index (χ0n) is 14.8. The summed E-state index contributed by atoms with van der Waals surface area (Å²) in [7, 11) is 0. The Morgan fingerprint density at radius 3 is 2.50 bits per heavy atom. The molecule has 1 N–H and O–H groups in total. The number of nitrogens with one attached hydrogen (secondary N) is 1. The van der Waals surface area contributed by atoms with Gasteiger partial charge < -0.3 is 4.74 Å². The Bertz CT molecular complexity index is 1020. The topological polar surface area (TPSA) is 74.5 Å². The van der Waals surface area contributed by atoms with Crippen LogP contribution in [0.5, 0.6) is 5.75 Å². The highest BCUT2D eigenvalue weighted by Crippen LogP contribution is 2.15. The predicted octanol–water partition coefficient (Wildman–Crippen LogP) is 4.55. The van der Waals surface area contributed by atoms with Crippen molar-refractivity contribution >= 4 is 23.7 Å². The fraction of sp³-hybridized carbons (Fsp3) is 0.0455. The third-order valence-electron chi connectivity index (χ3n) is 3.90. The van der Waals surface area contributed by atoms with Crippen molar-refractivity contribution in [2.24, 2.45) is 5.10 Å². The fourth-order valence-corrected chi connectivity index (χ4v) is 2.52. The smallest absolute Gasteiger partial charge is 0.271 e. The number of halogens is 1. The van der Waals surface area contributed by atoms with E-state index in [4.69, 9.17) is 21.6 Å². The minimum atomic E-state index is -0.316. The molecule has 0 saturated heterocycles. The van der Waals surface area contributed by atoms with E-state index < -0.39 is 0 Å². The first kappa shape index (κ1) is 19.2. The maximum absolute atomic E-state index is 12.0. The molecule has 0 atom stereocenters. The van der Waals surface area contributed by atoms with E-state index in [9.17, 15) is 4.79 Å². The number of carbonyl (C=O) groups excluding carboxylic acids is 1. The van der Waals surface area contributed by atoms with E-state index in [2.05, 4.69) is 16.6 Å². The van der Waals surface area contributed by atoms with E-state index in [1.54, 1.807) is 48.7 Å². The molecule has 0 aliphatic heterocycles. The lowest BCUT2D eigenvalue weighted by Crippen LogP contribution is -2.17. The Labute approximate surface area is 167 Å². The van der Waals surface area contributed by atoms with Crippen LogP contribution in [-0.4, -0.2) is 12.1 Å². The van der Waals surface area contributed by atoms with Crippen LogP contribution in [0.2, 0.25) is 5.02 Å². The van der Waals surface area contributed by atoms with Crippen molar-refractivity contribution in [1.82, 2.24) is 5.43 Å². The standard InChI is InChI=1S/C22H16ClN3O2/c23-20-9-7-17(8-10-20)22(27)26-25-14-16-5-11-21(12-6-16)28-15-19-4-2-1-3-18(19)13-24/h1-12,14H,15H2,(H,26,27)/b25-14-. The first-order chi connectivity index (χ1) is 13.7. The summed E-state index contributed by atoms with van der Waals surface area (Å²) in [5.41, 5.74) is 5.18. The molecule has 0 heterocycles. The zero-order valence-corrected chi connectivity index (χ0v) is 15.6. The highest BCUT2D eigenvalue weighted by atomic mass is 35.5. The molecule has 1 amide bonds. The van der Waals surface area contributed by atoms with Gasteiger partial charge in [-0.3, -0.25) is 4.79 Å². The molecule has 3 aromatic rings. The van der Waals surface area contributed by atoms with Gasteiger partial charge in [-0.2, -0.15) is 10.4 Å². The average Bonchev–Trinajstić information content (AvgIpc) is 2.73. The first-order valence-corrected chi connectivity index (χ1v) is 8.83. The summed E-state index contributed by atoms with van der Waals surface area (Å²) in [5.74, 6) is 0.360. The molecular weight excluding hydrogens is 374 g/mol. The molecule has 0 fully saturated rings. The number of carbonyl (C=O) groups is 1. The van der Waals surface area contributed by atoms with Gasteiger partial charge in [-0.25, -0.2) is 5.43 Å². The third-order valence-corrected chi connectivity index (χ3v) is 4.15. The van der Waals surface area contributed by atoms with Crippen molar-refractivity contribution in [2.75, 3.05) is 0 Å². The molecule has 0 saturated carbocycles. The van der Waals surface area contributed by atoms with Gasteiger partial charge in [0.1, 0.15) is 12.4 Å². The summed E-state index contributed by atoms with van der Waals surface area (Å²) in [5, 5.41) is 13.6. The molecule has 3 aromatic carbocycles. The number of amides is 1. The van der Waals surface area contributed by atoms with Crippen LogP contribution in [-0.2, 0) is 6.61 Å². The van der Waals surface area contributed by atoms with Crippen molar-refractivity contribution in [1.29, 1.82) is 5.26 Å². The number of nitriles is 1. The van der Waals surface area contributed by atoms with Crippen LogP contribution >= 0.6 is 11.6 Å². The Morgan fingerprint density at radius 2 is 1.79 bits per heavy atom. The fourth-order valence-electron chi connectivity index (χ4n) is 2.40. The van der Waals surface area contributed by atoms with Crippen LogP contribution in [0.15, 0.2) is 77.9 Å². The minimum Gasteiger partial charge on any atom is -0.489 e. The van der Waals surface area contributed by atoms with Crippen LogP contribution in [0.25, 0.3) is 0 Å². The summed E-state index contributed by atoms with van der Waals surface area (Å²) >= 11 is 5.80. The number of nitrogens with zero attached hydrogens (tertiary/aromatic N) is 2. The van der Waals surface area contributed by atoms with Crippen LogP contribution in [0, 0.1) is 11.3 Å². The Balaban J connectivity index is 1.54. The number of hydrogen-bond acceptors (Lipinski definition) is 4. The molecule has 0 aliphatic rings. The SMILES string of the molecule is N#Cc1ccccc1COc1ccc(/C=N\NC(=O)c2ccc(Cl)cc2)cc1. The summed E-state index contributed by atoms with van der Waals surface area (Å²) < 4.78 is 5.72. The predicted molar refractivity (Wildman–Crippen MR) is 108 cm³/mol. The van der Waals surface area contributed by atoms with Crippen LogP contribution < -0.4 is 10.2 Å². The zero-order chi connectivity index (χ0) is 19.8. The molecule has 138 valence electrons. The van der Waals surface area contributed by atoms with Crippen LogP contribution in [0.4, 0.5) is 0 Å². The molecule has 0 aromatic heterocycles. The van der Waals surface area contributed by atoms with Crippen molar-refractivity contribution < 1.29 is 9.53 Å². The molecule has 0 bridgehead atoms. The van der Waals surface area contributed by atoms with E-state index in [0.717, 1.165) is 11.1 Å². The summed E-state index contributed by atoms with van der Waals surface area (Å²) in [4.78, 5) is 12.0. The molecule has 28 heavy (non-hydrogen) atoms. The molecule has 0 aliphatic carbocycles. The largest absolute Gasteiger partial charge is 0.489 e. The molecule has 3 rings (SSSR count). The molecule has 6 heteroatoms. The van der Waals surface area contributed by atoms with E-state index >= 15 is 0 Å². The number of hydrazone groups is 1. The lowest BCUT2D eigenvalue weighted by molar-refractivity contribution is 0.0955. The number of hydrogen-bond donors (Lipinski definition) is 1. The average molecular weight is 390 g/mol. The summed E-state index contributed by atoms with van der Waals surface area (Å²) in [6.45, 7) is 0.314. The van der Waals surface area contributed by atoms with Gasteiger partial charge in [0, 0.05) is 16.1 Å². The van der Waals surface area contributed by atoms with E-state index in [-0.39, 0.29) is 5.91 Å².